The lowest BCUT2D eigenvalue weighted by atomic mass is 10.1. The zero-order valence-electron chi connectivity index (χ0n) is 12.1. The first-order chi connectivity index (χ1) is 11.0. The quantitative estimate of drug-likeness (QED) is 0.601. The Labute approximate surface area is 149 Å². The van der Waals surface area contributed by atoms with Gasteiger partial charge in [-0.05, 0) is 70.1 Å². The van der Waals surface area contributed by atoms with E-state index < -0.39 is 10.0 Å². The van der Waals surface area contributed by atoms with E-state index in [1.54, 1.807) is 36.4 Å². The highest BCUT2D eigenvalue weighted by molar-refractivity contribution is 14.1. The van der Waals surface area contributed by atoms with E-state index >= 15 is 0 Å². The third kappa shape index (κ3) is 3.92. The summed E-state index contributed by atoms with van der Waals surface area (Å²) in [6.07, 6.45) is 0. The van der Waals surface area contributed by atoms with Gasteiger partial charge >= 0.3 is 0 Å². The van der Waals surface area contributed by atoms with Crippen LogP contribution in [0.4, 0.5) is 5.69 Å². The summed E-state index contributed by atoms with van der Waals surface area (Å²) in [6, 6.07) is 24.0. The fraction of sp³-hybridized carbons (Fsp3) is 0. The number of nitrogens with one attached hydrogen (secondary N) is 1. The standard InChI is InChI=1S/C18H14INO2S/c19-16-8-12-18(13-9-16)23(21,22)20-17-10-6-15(7-11-17)14-4-2-1-3-5-14/h1-13,20H. The van der Waals surface area contributed by atoms with Gasteiger partial charge in [0.2, 0.25) is 0 Å². The molecular formula is C18H14INO2S. The van der Waals surface area contributed by atoms with Crippen molar-refractivity contribution in [2.45, 2.75) is 4.90 Å². The van der Waals surface area contributed by atoms with Crippen molar-refractivity contribution < 1.29 is 8.42 Å². The van der Waals surface area contributed by atoms with Crippen molar-refractivity contribution in [1.29, 1.82) is 0 Å². The summed E-state index contributed by atoms with van der Waals surface area (Å²) in [5.41, 5.74) is 2.69. The smallest absolute Gasteiger partial charge is 0.261 e. The molecule has 3 nitrogen and oxygen atoms in total. The maximum atomic E-state index is 12.4. The first kappa shape index (κ1) is 16.0. The van der Waals surface area contributed by atoms with Crippen LogP contribution >= 0.6 is 22.6 Å². The SMILES string of the molecule is O=S(=O)(Nc1ccc(-c2ccccc2)cc1)c1ccc(I)cc1. The predicted octanol–water partition coefficient (Wildman–Crippen LogP) is 4.76. The molecule has 0 spiro atoms. The Morgan fingerprint density at radius 2 is 1.26 bits per heavy atom. The zero-order chi connectivity index (χ0) is 16.3. The van der Waals surface area contributed by atoms with E-state index in [0.29, 0.717) is 5.69 Å². The number of benzene rings is 3. The lowest BCUT2D eigenvalue weighted by Crippen LogP contribution is -2.12. The fourth-order valence-electron chi connectivity index (χ4n) is 2.19. The molecule has 0 aliphatic rings. The molecule has 0 heterocycles. The largest absolute Gasteiger partial charge is 0.280 e. The zero-order valence-corrected chi connectivity index (χ0v) is 15.1. The van der Waals surface area contributed by atoms with Gasteiger partial charge in [0.1, 0.15) is 0 Å². The molecule has 0 unspecified atom stereocenters. The van der Waals surface area contributed by atoms with Crippen LogP contribution in [-0.2, 0) is 10.0 Å². The monoisotopic (exact) mass is 435 g/mol. The van der Waals surface area contributed by atoms with E-state index in [2.05, 4.69) is 27.3 Å². The van der Waals surface area contributed by atoms with Crippen molar-refractivity contribution in [2.75, 3.05) is 4.72 Å². The van der Waals surface area contributed by atoms with Crippen LogP contribution in [0.5, 0.6) is 0 Å². The van der Waals surface area contributed by atoms with Gasteiger partial charge < -0.3 is 0 Å². The van der Waals surface area contributed by atoms with Crippen molar-refractivity contribution >= 4 is 38.3 Å². The average Bonchev–Trinajstić information content (AvgIpc) is 2.56. The van der Waals surface area contributed by atoms with Gasteiger partial charge in [-0.25, -0.2) is 8.42 Å². The molecule has 0 aliphatic carbocycles. The van der Waals surface area contributed by atoms with Crippen molar-refractivity contribution in [3.05, 3.63) is 82.4 Å². The Balaban J connectivity index is 1.82. The van der Waals surface area contributed by atoms with E-state index in [-0.39, 0.29) is 4.90 Å². The molecule has 116 valence electrons. The van der Waals surface area contributed by atoms with Crippen LogP contribution in [0.2, 0.25) is 0 Å². The number of hydrogen-bond acceptors (Lipinski definition) is 2. The number of sulfonamides is 1. The minimum atomic E-state index is -3.56. The molecule has 23 heavy (non-hydrogen) atoms. The van der Waals surface area contributed by atoms with E-state index in [9.17, 15) is 8.42 Å². The summed E-state index contributed by atoms with van der Waals surface area (Å²) in [5.74, 6) is 0. The Kier molecular flexibility index (Phi) is 4.68. The molecule has 0 saturated heterocycles. The van der Waals surface area contributed by atoms with E-state index in [0.717, 1.165) is 14.7 Å². The Morgan fingerprint density at radius 3 is 1.87 bits per heavy atom. The molecule has 0 aromatic heterocycles. The van der Waals surface area contributed by atoms with Crippen LogP contribution in [0.15, 0.2) is 83.8 Å². The van der Waals surface area contributed by atoms with Gasteiger partial charge in [-0.3, -0.25) is 4.72 Å². The summed E-state index contributed by atoms with van der Waals surface area (Å²) >= 11 is 2.14. The molecule has 0 atom stereocenters. The highest BCUT2D eigenvalue weighted by Gasteiger charge is 2.13. The maximum Gasteiger partial charge on any atom is 0.261 e. The van der Waals surface area contributed by atoms with Crippen LogP contribution in [0.25, 0.3) is 11.1 Å². The lowest BCUT2D eigenvalue weighted by Gasteiger charge is -2.09. The lowest BCUT2D eigenvalue weighted by molar-refractivity contribution is 0.601. The minimum absolute atomic E-state index is 0.255. The normalized spacial score (nSPS) is 11.2. The fourth-order valence-corrected chi connectivity index (χ4v) is 3.61. The highest BCUT2D eigenvalue weighted by Crippen LogP contribution is 2.23. The van der Waals surface area contributed by atoms with Crippen molar-refractivity contribution in [2.24, 2.45) is 0 Å². The third-order valence-corrected chi connectivity index (χ3v) is 5.48. The average molecular weight is 435 g/mol. The van der Waals surface area contributed by atoms with Gasteiger partial charge in [0.05, 0.1) is 4.90 Å². The molecule has 0 amide bonds. The van der Waals surface area contributed by atoms with Crippen LogP contribution in [0.1, 0.15) is 0 Å². The molecule has 3 aromatic rings. The van der Waals surface area contributed by atoms with Crippen LogP contribution in [0.3, 0.4) is 0 Å². The number of hydrogen-bond donors (Lipinski definition) is 1. The summed E-state index contributed by atoms with van der Waals surface area (Å²) in [4.78, 5) is 0.255. The molecule has 3 rings (SSSR count). The molecule has 0 bridgehead atoms. The maximum absolute atomic E-state index is 12.4. The first-order valence-electron chi connectivity index (χ1n) is 6.98. The summed E-state index contributed by atoms with van der Waals surface area (Å²) < 4.78 is 28.3. The third-order valence-electron chi connectivity index (χ3n) is 3.37. The van der Waals surface area contributed by atoms with E-state index in [1.165, 1.54) is 0 Å². The van der Waals surface area contributed by atoms with Crippen LogP contribution in [0, 0.1) is 3.57 Å². The van der Waals surface area contributed by atoms with Gasteiger partial charge in [0.15, 0.2) is 0 Å². The molecule has 3 aromatic carbocycles. The molecule has 0 fully saturated rings. The molecule has 5 heteroatoms. The number of rotatable bonds is 4. The highest BCUT2D eigenvalue weighted by atomic mass is 127. The Morgan fingerprint density at radius 1 is 0.696 bits per heavy atom. The van der Waals surface area contributed by atoms with Crippen molar-refractivity contribution in [3.63, 3.8) is 0 Å². The molecule has 0 saturated carbocycles. The summed E-state index contributed by atoms with van der Waals surface area (Å²) in [5, 5.41) is 0. The second-order valence-electron chi connectivity index (χ2n) is 5.00. The Bertz CT molecular complexity index is 890. The van der Waals surface area contributed by atoms with Gasteiger partial charge in [-0.15, -0.1) is 0 Å². The van der Waals surface area contributed by atoms with Gasteiger partial charge in [0, 0.05) is 9.26 Å². The molecule has 0 aliphatic heterocycles. The second-order valence-corrected chi connectivity index (χ2v) is 7.93. The van der Waals surface area contributed by atoms with Crippen molar-refractivity contribution in [3.8, 4) is 11.1 Å². The first-order valence-corrected chi connectivity index (χ1v) is 9.55. The molecular weight excluding hydrogens is 421 g/mol. The van der Waals surface area contributed by atoms with Crippen LogP contribution < -0.4 is 4.72 Å². The van der Waals surface area contributed by atoms with E-state index in [4.69, 9.17) is 0 Å². The molecule has 1 N–H and O–H groups in total. The van der Waals surface area contributed by atoms with Gasteiger partial charge in [-0.2, -0.15) is 0 Å². The number of anilines is 1. The number of halogens is 1. The topological polar surface area (TPSA) is 46.2 Å². The van der Waals surface area contributed by atoms with Gasteiger partial charge in [0.25, 0.3) is 10.0 Å². The predicted molar refractivity (Wildman–Crippen MR) is 102 cm³/mol. The minimum Gasteiger partial charge on any atom is -0.280 e. The van der Waals surface area contributed by atoms with Gasteiger partial charge in [-0.1, -0.05) is 42.5 Å². The second kappa shape index (κ2) is 6.72. The summed E-state index contributed by atoms with van der Waals surface area (Å²) in [7, 11) is -3.56. The van der Waals surface area contributed by atoms with Crippen molar-refractivity contribution in [1.82, 2.24) is 0 Å². The van der Waals surface area contributed by atoms with E-state index in [1.807, 2.05) is 42.5 Å². The van der Waals surface area contributed by atoms with Crippen LogP contribution in [-0.4, -0.2) is 8.42 Å². The summed E-state index contributed by atoms with van der Waals surface area (Å²) in [6.45, 7) is 0. The Hall–Kier alpha value is -1.86. The molecule has 0 radical (unpaired) electrons.